The normalized spacial score (nSPS) is 11.5. The molecule has 0 unspecified atom stereocenters. The van der Waals surface area contributed by atoms with E-state index in [2.05, 4.69) is 20.0 Å². The smallest absolute Gasteiger partial charge is 0.406 e. The number of carbonyl (C=O) groups excluding carboxylic acids is 1. The van der Waals surface area contributed by atoms with Gasteiger partial charge in [-0.3, -0.25) is 9.78 Å². The van der Waals surface area contributed by atoms with Crippen molar-refractivity contribution in [3.63, 3.8) is 0 Å². The largest absolute Gasteiger partial charge is 0.573 e. The first-order valence-electron chi connectivity index (χ1n) is 10.4. The quantitative estimate of drug-likeness (QED) is 0.375. The summed E-state index contributed by atoms with van der Waals surface area (Å²) >= 11 is 0. The highest BCUT2D eigenvalue weighted by Crippen LogP contribution is 2.24. The predicted molar refractivity (Wildman–Crippen MR) is 116 cm³/mol. The van der Waals surface area contributed by atoms with Crippen molar-refractivity contribution in [2.24, 2.45) is 0 Å². The maximum absolute atomic E-state index is 13.0. The van der Waals surface area contributed by atoms with Crippen LogP contribution in [0, 0.1) is 5.82 Å². The van der Waals surface area contributed by atoms with Crippen molar-refractivity contribution >= 4 is 16.9 Å². The molecule has 0 aliphatic heterocycles. The van der Waals surface area contributed by atoms with Crippen LogP contribution in [0.15, 0.2) is 67.0 Å². The maximum Gasteiger partial charge on any atom is 0.573 e. The number of ether oxygens (including phenoxy) is 1. The van der Waals surface area contributed by atoms with Crippen LogP contribution in [0.5, 0.6) is 5.75 Å². The molecule has 1 N–H and O–H groups in total. The molecule has 2 aromatic heterocycles. The van der Waals surface area contributed by atoms with Crippen molar-refractivity contribution in [1.29, 1.82) is 0 Å². The van der Waals surface area contributed by atoms with Gasteiger partial charge in [0, 0.05) is 32.1 Å². The summed E-state index contributed by atoms with van der Waals surface area (Å²) in [4.78, 5) is 21.1. The van der Waals surface area contributed by atoms with Crippen LogP contribution in [-0.2, 0) is 24.3 Å². The van der Waals surface area contributed by atoms with Crippen LogP contribution >= 0.6 is 0 Å². The first-order valence-corrected chi connectivity index (χ1v) is 10.4. The van der Waals surface area contributed by atoms with Gasteiger partial charge < -0.3 is 14.6 Å². The van der Waals surface area contributed by atoms with E-state index < -0.39 is 6.36 Å². The minimum absolute atomic E-state index is 0.177. The molecule has 0 aliphatic rings. The van der Waals surface area contributed by atoms with Crippen LogP contribution in [-0.4, -0.2) is 26.8 Å². The second kappa shape index (κ2) is 9.90. The average molecular weight is 472 g/mol. The Labute approximate surface area is 192 Å². The van der Waals surface area contributed by atoms with Crippen LogP contribution in [0.2, 0.25) is 0 Å². The Kier molecular flexibility index (Phi) is 6.76. The van der Waals surface area contributed by atoms with Crippen molar-refractivity contribution in [1.82, 2.24) is 19.9 Å². The standard InChI is InChI=1S/C24H20F4N4O2/c25-18-5-1-16(2-6-18)13-30-23(33)10-9-22-31-20-11-12-29-14-21(20)32(22)15-17-3-7-19(8-4-17)34-24(26,27)28/h1-8,11-12,14H,9-10,13,15H2,(H,30,33). The molecule has 1 amide bonds. The van der Waals surface area contributed by atoms with Crippen molar-refractivity contribution in [3.8, 4) is 5.75 Å². The number of alkyl halides is 3. The number of carbonyl (C=O) groups is 1. The number of imidazole rings is 1. The second-order valence-corrected chi connectivity index (χ2v) is 7.57. The SMILES string of the molecule is O=C(CCc1nc2ccncc2n1Cc1ccc(OC(F)(F)F)cc1)NCc1ccc(F)cc1. The van der Waals surface area contributed by atoms with Gasteiger partial charge in [0.1, 0.15) is 17.4 Å². The molecule has 0 radical (unpaired) electrons. The summed E-state index contributed by atoms with van der Waals surface area (Å²) in [5, 5.41) is 2.80. The van der Waals surface area contributed by atoms with E-state index in [1.807, 2.05) is 4.57 Å². The highest BCUT2D eigenvalue weighted by atomic mass is 19.4. The van der Waals surface area contributed by atoms with Crippen LogP contribution in [0.3, 0.4) is 0 Å². The van der Waals surface area contributed by atoms with Gasteiger partial charge in [0.25, 0.3) is 0 Å². The van der Waals surface area contributed by atoms with Crippen molar-refractivity contribution in [3.05, 3.63) is 89.8 Å². The molecule has 0 spiro atoms. The number of benzene rings is 2. The molecule has 2 aromatic carbocycles. The monoisotopic (exact) mass is 472 g/mol. The number of hydrogen-bond acceptors (Lipinski definition) is 4. The Morgan fingerprint density at radius 2 is 1.71 bits per heavy atom. The van der Waals surface area contributed by atoms with E-state index in [0.29, 0.717) is 24.3 Å². The first-order chi connectivity index (χ1) is 16.3. The predicted octanol–water partition coefficient (Wildman–Crippen LogP) is 4.77. The highest BCUT2D eigenvalue weighted by Gasteiger charge is 2.31. The lowest BCUT2D eigenvalue weighted by Crippen LogP contribution is -2.23. The molecule has 34 heavy (non-hydrogen) atoms. The van der Waals surface area contributed by atoms with E-state index in [1.54, 1.807) is 42.7 Å². The molecule has 0 fully saturated rings. The van der Waals surface area contributed by atoms with Gasteiger partial charge in [-0.05, 0) is 41.5 Å². The zero-order valence-corrected chi connectivity index (χ0v) is 17.8. The molecule has 0 bridgehead atoms. The number of rotatable bonds is 8. The van der Waals surface area contributed by atoms with Gasteiger partial charge in [-0.1, -0.05) is 24.3 Å². The fourth-order valence-corrected chi connectivity index (χ4v) is 3.48. The third-order valence-electron chi connectivity index (χ3n) is 5.11. The van der Waals surface area contributed by atoms with Crippen LogP contribution < -0.4 is 10.1 Å². The number of fused-ring (bicyclic) bond motifs is 1. The van der Waals surface area contributed by atoms with Gasteiger partial charge >= 0.3 is 6.36 Å². The summed E-state index contributed by atoms with van der Waals surface area (Å²) in [6.45, 7) is 0.618. The molecule has 176 valence electrons. The fraction of sp³-hybridized carbons (Fsp3) is 0.208. The second-order valence-electron chi connectivity index (χ2n) is 7.57. The zero-order valence-electron chi connectivity index (χ0n) is 17.8. The van der Waals surface area contributed by atoms with E-state index in [9.17, 15) is 22.4 Å². The van der Waals surface area contributed by atoms with Crippen molar-refractivity contribution in [2.75, 3.05) is 0 Å². The first kappa shape index (κ1) is 23.2. The molecule has 6 nitrogen and oxygen atoms in total. The summed E-state index contributed by atoms with van der Waals surface area (Å²) in [6, 6.07) is 13.2. The number of hydrogen-bond donors (Lipinski definition) is 1. The Morgan fingerprint density at radius 1 is 1.00 bits per heavy atom. The molecule has 0 aliphatic carbocycles. The Balaban J connectivity index is 1.44. The molecule has 0 atom stereocenters. The van der Waals surface area contributed by atoms with Crippen LogP contribution in [0.1, 0.15) is 23.4 Å². The topological polar surface area (TPSA) is 69.0 Å². The molecular formula is C24H20F4N4O2. The molecule has 4 aromatic rings. The molecule has 2 heterocycles. The molecule has 4 rings (SSSR count). The average Bonchev–Trinajstić information content (AvgIpc) is 3.15. The van der Waals surface area contributed by atoms with Gasteiger partial charge in [-0.15, -0.1) is 13.2 Å². The third kappa shape index (κ3) is 6.09. The molecular weight excluding hydrogens is 452 g/mol. The zero-order chi connectivity index (χ0) is 24.1. The van der Waals surface area contributed by atoms with E-state index in [1.165, 1.54) is 24.3 Å². The van der Waals surface area contributed by atoms with Crippen molar-refractivity contribution in [2.45, 2.75) is 32.3 Å². The van der Waals surface area contributed by atoms with E-state index in [0.717, 1.165) is 16.6 Å². The fourth-order valence-electron chi connectivity index (χ4n) is 3.48. The van der Waals surface area contributed by atoms with Gasteiger partial charge in [-0.25, -0.2) is 9.37 Å². The number of pyridine rings is 1. The number of nitrogens with one attached hydrogen (secondary N) is 1. The van der Waals surface area contributed by atoms with Gasteiger partial charge in [-0.2, -0.15) is 0 Å². The number of aryl methyl sites for hydroxylation is 1. The highest BCUT2D eigenvalue weighted by molar-refractivity contribution is 5.77. The van der Waals surface area contributed by atoms with Crippen LogP contribution in [0.4, 0.5) is 17.6 Å². The molecule has 0 saturated heterocycles. The number of halogens is 4. The van der Waals surface area contributed by atoms with E-state index >= 15 is 0 Å². The Bertz CT molecular complexity index is 1270. The summed E-state index contributed by atoms with van der Waals surface area (Å²) in [5.41, 5.74) is 2.97. The van der Waals surface area contributed by atoms with E-state index in [-0.39, 0.29) is 30.4 Å². The lowest BCUT2D eigenvalue weighted by atomic mass is 10.2. The number of amides is 1. The van der Waals surface area contributed by atoms with E-state index in [4.69, 9.17) is 0 Å². The summed E-state index contributed by atoms with van der Waals surface area (Å²) in [6.07, 6.45) is -0.961. The third-order valence-corrected chi connectivity index (χ3v) is 5.11. The summed E-state index contributed by atoms with van der Waals surface area (Å²) in [5.74, 6) is -0.178. The summed E-state index contributed by atoms with van der Waals surface area (Å²) < 4.78 is 56.0. The van der Waals surface area contributed by atoms with Gasteiger partial charge in [0.05, 0.1) is 17.2 Å². The lowest BCUT2D eigenvalue weighted by molar-refractivity contribution is -0.274. The Hall–Kier alpha value is -3.95. The maximum atomic E-state index is 13.0. The lowest BCUT2D eigenvalue weighted by Gasteiger charge is -2.12. The van der Waals surface area contributed by atoms with Gasteiger partial charge in [0.2, 0.25) is 5.91 Å². The van der Waals surface area contributed by atoms with Crippen LogP contribution in [0.25, 0.3) is 11.0 Å². The number of aromatic nitrogens is 3. The van der Waals surface area contributed by atoms with Gasteiger partial charge in [0.15, 0.2) is 0 Å². The minimum Gasteiger partial charge on any atom is -0.406 e. The number of nitrogens with zero attached hydrogens (tertiary/aromatic N) is 3. The molecule has 10 heteroatoms. The van der Waals surface area contributed by atoms with Crippen molar-refractivity contribution < 1.29 is 27.1 Å². The minimum atomic E-state index is -4.75. The molecule has 0 saturated carbocycles. The summed E-state index contributed by atoms with van der Waals surface area (Å²) in [7, 11) is 0. The Morgan fingerprint density at radius 3 is 2.41 bits per heavy atom.